The van der Waals surface area contributed by atoms with E-state index in [1.54, 1.807) is 0 Å². The molecule has 3 rings (SSSR count). The Hall–Kier alpha value is -1.55. The lowest BCUT2D eigenvalue weighted by Crippen LogP contribution is -2.19. The summed E-state index contributed by atoms with van der Waals surface area (Å²) in [6.45, 7) is 2.15. The SMILES string of the molecule is O=C(CCC1CCNC1)Nc1ccc(OC2CCCCC2)cc1. The highest BCUT2D eigenvalue weighted by Gasteiger charge is 2.16. The molecule has 0 bridgehead atoms. The van der Waals surface area contributed by atoms with Gasteiger partial charge in [-0.05, 0) is 81.8 Å². The molecular formula is C19H28N2O2. The number of ether oxygens (including phenoxy) is 1. The van der Waals surface area contributed by atoms with Crippen LogP contribution >= 0.6 is 0 Å². The minimum absolute atomic E-state index is 0.109. The Morgan fingerprint density at radius 3 is 2.61 bits per heavy atom. The van der Waals surface area contributed by atoms with Crippen LogP contribution < -0.4 is 15.4 Å². The van der Waals surface area contributed by atoms with Gasteiger partial charge in [0.25, 0.3) is 0 Å². The van der Waals surface area contributed by atoms with Gasteiger partial charge in [-0.3, -0.25) is 4.79 Å². The number of carbonyl (C=O) groups is 1. The van der Waals surface area contributed by atoms with Gasteiger partial charge < -0.3 is 15.4 Å². The van der Waals surface area contributed by atoms with Crippen molar-refractivity contribution in [3.05, 3.63) is 24.3 Å². The molecule has 1 unspecified atom stereocenters. The zero-order valence-electron chi connectivity index (χ0n) is 13.9. The molecule has 1 aromatic carbocycles. The van der Waals surface area contributed by atoms with E-state index in [1.807, 2.05) is 24.3 Å². The highest BCUT2D eigenvalue weighted by Crippen LogP contribution is 2.24. The molecule has 23 heavy (non-hydrogen) atoms. The van der Waals surface area contributed by atoms with Crippen molar-refractivity contribution in [2.75, 3.05) is 18.4 Å². The van der Waals surface area contributed by atoms with Gasteiger partial charge in [-0.1, -0.05) is 6.42 Å². The Kier molecular flexibility index (Phi) is 5.92. The molecule has 0 aromatic heterocycles. The molecular weight excluding hydrogens is 288 g/mol. The van der Waals surface area contributed by atoms with Crippen molar-refractivity contribution in [1.82, 2.24) is 5.32 Å². The van der Waals surface area contributed by atoms with E-state index in [2.05, 4.69) is 10.6 Å². The van der Waals surface area contributed by atoms with Crippen molar-refractivity contribution in [3.8, 4) is 5.75 Å². The maximum absolute atomic E-state index is 12.0. The second kappa shape index (κ2) is 8.34. The number of benzene rings is 1. The first kappa shape index (κ1) is 16.3. The standard InChI is InChI=1S/C19H28N2O2/c22-19(11-6-15-12-13-20-14-15)21-16-7-9-18(10-8-16)23-17-4-2-1-3-5-17/h7-10,15,17,20H,1-6,11-14H2,(H,21,22). The molecule has 1 aliphatic carbocycles. The largest absolute Gasteiger partial charge is 0.490 e. The molecule has 2 N–H and O–H groups in total. The van der Waals surface area contributed by atoms with E-state index in [4.69, 9.17) is 4.74 Å². The van der Waals surface area contributed by atoms with Crippen molar-refractivity contribution >= 4 is 11.6 Å². The minimum Gasteiger partial charge on any atom is -0.490 e. The number of anilines is 1. The normalized spacial score (nSPS) is 22.0. The van der Waals surface area contributed by atoms with Crippen LogP contribution in [0, 0.1) is 5.92 Å². The third-order valence-electron chi connectivity index (χ3n) is 4.94. The van der Waals surface area contributed by atoms with Crippen molar-refractivity contribution in [1.29, 1.82) is 0 Å². The first-order valence-electron chi connectivity index (χ1n) is 9.07. The Morgan fingerprint density at radius 1 is 1.13 bits per heavy atom. The first-order valence-corrected chi connectivity index (χ1v) is 9.07. The van der Waals surface area contributed by atoms with Crippen LogP contribution in [0.1, 0.15) is 51.4 Å². The Balaban J connectivity index is 1.42. The average molecular weight is 316 g/mol. The lowest BCUT2D eigenvalue weighted by atomic mass is 9.98. The van der Waals surface area contributed by atoms with Crippen molar-refractivity contribution in [2.24, 2.45) is 5.92 Å². The van der Waals surface area contributed by atoms with Gasteiger partial charge >= 0.3 is 0 Å². The lowest BCUT2D eigenvalue weighted by Gasteiger charge is -2.23. The van der Waals surface area contributed by atoms with E-state index in [1.165, 1.54) is 25.7 Å². The highest BCUT2D eigenvalue weighted by molar-refractivity contribution is 5.90. The number of rotatable bonds is 6. The fraction of sp³-hybridized carbons (Fsp3) is 0.632. The fourth-order valence-electron chi connectivity index (χ4n) is 3.51. The fourth-order valence-corrected chi connectivity index (χ4v) is 3.51. The van der Waals surface area contributed by atoms with E-state index in [0.29, 0.717) is 18.4 Å². The van der Waals surface area contributed by atoms with Crippen molar-refractivity contribution in [3.63, 3.8) is 0 Å². The molecule has 0 radical (unpaired) electrons. The van der Waals surface area contributed by atoms with E-state index < -0.39 is 0 Å². The predicted octanol–water partition coefficient (Wildman–Crippen LogP) is 3.73. The van der Waals surface area contributed by atoms with Crippen LogP contribution in [0.4, 0.5) is 5.69 Å². The van der Waals surface area contributed by atoms with Gasteiger partial charge in [-0.15, -0.1) is 0 Å². The summed E-state index contributed by atoms with van der Waals surface area (Å²) >= 11 is 0. The molecule has 1 saturated carbocycles. The summed E-state index contributed by atoms with van der Waals surface area (Å²) in [6, 6.07) is 7.80. The van der Waals surface area contributed by atoms with Crippen LogP contribution in [0.25, 0.3) is 0 Å². The number of carbonyl (C=O) groups excluding carboxylic acids is 1. The molecule has 0 spiro atoms. The predicted molar refractivity (Wildman–Crippen MR) is 92.8 cm³/mol. The van der Waals surface area contributed by atoms with Crippen LogP contribution in [0.15, 0.2) is 24.3 Å². The summed E-state index contributed by atoms with van der Waals surface area (Å²) < 4.78 is 6.01. The molecule has 2 aliphatic rings. The minimum atomic E-state index is 0.109. The van der Waals surface area contributed by atoms with Crippen LogP contribution in [0.3, 0.4) is 0 Å². The van der Waals surface area contributed by atoms with Gasteiger partial charge in [0, 0.05) is 12.1 Å². The number of nitrogens with one attached hydrogen (secondary N) is 2. The quantitative estimate of drug-likeness (QED) is 0.841. The van der Waals surface area contributed by atoms with E-state index in [0.717, 1.165) is 43.8 Å². The van der Waals surface area contributed by atoms with E-state index in [9.17, 15) is 4.79 Å². The molecule has 1 amide bonds. The van der Waals surface area contributed by atoms with Gasteiger partial charge in [-0.2, -0.15) is 0 Å². The average Bonchev–Trinajstić information content (AvgIpc) is 3.09. The van der Waals surface area contributed by atoms with E-state index in [-0.39, 0.29) is 5.91 Å². The summed E-state index contributed by atoms with van der Waals surface area (Å²) in [5.41, 5.74) is 0.857. The third-order valence-corrected chi connectivity index (χ3v) is 4.94. The molecule has 2 fully saturated rings. The zero-order valence-corrected chi connectivity index (χ0v) is 13.9. The number of hydrogen-bond acceptors (Lipinski definition) is 3. The van der Waals surface area contributed by atoms with Gasteiger partial charge in [0.2, 0.25) is 5.91 Å². The molecule has 1 heterocycles. The molecule has 4 heteroatoms. The van der Waals surface area contributed by atoms with E-state index >= 15 is 0 Å². The zero-order chi connectivity index (χ0) is 15.9. The summed E-state index contributed by atoms with van der Waals surface area (Å²) in [4.78, 5) is 12.0. The van der Waals surface area contributed by atoms with Crippen LogP contribution in [0.2, 0.25) is 0 Å². The van der Waals surface area contributed by atoms with Gasteiger partial charge in [0.05, 0.1) is 6.10 Å². The summed E-state index contributed by atoms with van der Waals surface area (Å²) in [7, 11) is 0. The third kappa shape index (κ3) is 5.24. The summed E-state index contributed by atoms with van der Waals surface area (Å²) in [6.07, 6.45) is 9.34. The van der Waals surface area contributed by atoms with Crippen LogP contribution in [-0.2, 0) is 4.79 Å². The van der Waals surface area contributed by atoms with Gasteiger partial charge in [0.1, 0.15) is 5.75 Å². The molecule has 1 aromatic rings. The van der Waals surface area contributed by atoms with Crippen molar-refractivity contribution in [2.45, 2.75) is 57.5 Å². The first-order chi connectivity index (χ1) is 11.3. The molecule has 1 saturated heterocycles. The maximum atomic E-state index is 12.0. The second-order valence-corrected chi connectivity index (χ2v) is 6.85. The number of hydrogen-bond donors (Lipinski definition) is 2. The second-order valence-electron chi connectivity index (χ2n) is 6.85. The van der Waals surface area contributed by atoms with Crippen molar-refractivity contribution < 1.29 is 9.53 Å². The summed E-state index contributed by atoms with van der Waals surface area (Å²) in [5, 5.41) is 6.32. The van der Waals surface area contributed by atoms with Crippen LogP contribution in [-0.4, -0.2) is 25.1 Å². The Bertz CT molecular complexity index is 489. The Labute approximate surface area is 139 Å². The monoisotopic (exact) mass is 316 g/mol. The van der Waals surface area contributed by atoms with Gasteiger partial charge in [0.15, 0.2) is 0 Å². The summed E-state index contributed by atoms with van der Waals surface area (Å²) in [5.74, 6) is 1.68. The van der Waals surface area contributed by atoms with Gasteiger partial charge in [-0.25, -0.2) is 0 Å². The smallest absolute Gasteiger partial charge is 0.224 e. The molecule has 1 aliphatic heterocycles. The Morgan fingerprint density at radius 2 is 1.91 bits per heavy atom. The molecule has 1 atom stereocenters. The number of amides is 1. The molecule has 126 valence electrons. The lowest BCUT2D eigenvalue weighted by molar-refractivity contribution is -0.116. The topological polar surface area (TPSA) is 50.4 Å². The molecule has 4 nitrogen and oxygen atoms in total. The highest BCUT2D eigenvalue weighted by atomic mass is 16.5. The maximum Gasteiger partial charge on any atom is 0.224 e. The van der Waals surface area contributed by atoms with Crippen LogP contribution in [0.5, 0.6) is 5.75 Å².